The average Bonchev–Trinajstić information content (AvgIpc) is 2.83. The van der Waals surface area contributed by atoms with Gasteiger partial charge in [0.25, 0.3) is 0 Å². The molecule has 0 radical (unpaired) electrons. The highest BCUT2D eigenvalue weighted by atomic mass is 19.1. The molecule has 1 aromatic heterocycles. The first-order valence-electron chi connectivity index (χ1n) is 5.63. The Morgan fingerprint density at radius 2 is 2.32 bits per heavy atom. The summed E-state index contributed by atoms with van der Waals surface area (Å²) in [7, 11) is 0. The van der Waals surface area contributed by atoms with Crippen LogP contribution in [0.25, 0.3) is 5.69 Å². The second-order valence-corrected chi connectivity index (χ2v) is 3.70. The van der Waals surface area contributed by atoms with E-state index in [2.05, 4.69) is 5.10 Å². The summed E-state index contributed by atoms with van der Waals surface area (Å²) in [6.45, 7) is 1.84. The van der Waals surface area contributed by atoms with Crippen LogP contribution in [0.15, 0.2) is 30.5 Å². The number of halogens is 1. The molecule has 0 fully saturated rings. The molecule has 0 spiro atoms. The molecule has 19 heavy (non-hydrogen) atoms. The standard InChI is InChI=1S/C13H11FN2O3/c1-2-19-13(18)12-9(8-17)7-16(15-12)11-5-3-4-10(14)6-11/h3-8H,2H2,1H3. The highest BCUT2D eigenvalue weighted by Gasteiger charge is 2.18. The van der Waals surface area contributed by atoms with Crippen molar-refractivity contribution >= 4 is 12.3 Å². The second-order valence-electron chi connectivity index (χ2n) is 3.70. The van der Waals surface area contributed by atoms with E-state index in [-0.39, 0.29) is 17.9 Å². The highest BCUT2D eigenvalue weighted by molar-refractivity contribution is 5.96. The van der Waals surface area contributed by atoms with E-state index in [0.29, 0.717) is 12.0 Å². The van der Waals surface area contributed by atoms with Gasteiger partial charge in [-0.3, -0.25) is 4.79 Å². The van der Waals surface area contributed by atoms with Gasteiger partial charge in [0.2, 0.25) is 0 Å². The first-order chi connectivity index (χ1) is 9.15. The molecule has 0 amide bonds. The molecule has 0 aliphatic rings. The number of rotatable bonds is 4. The third-order valence-corrected chi connectivity index (χ3v) is 2.41. The molecular weight excluding hydrogens is 251 g/mol. The lowest BCUT2D eigenvalue weighted by molar-refractivity contribution is 0.0517. The van der Waals surface area contributed by atoms with Gasteiger partial charge < -0.3 is 4.74 Å². The van der Waals surface area contributed by atoms with Crippen molar-refractivity contribution < 1.29 is 18.7 Å². The average molecular weight is 262 g/mol. The predicted octanol–water partition coefficient (Wildman–Crippen LogP) is 2.00. The van der Waals surface area contributed by atoms with Crippen LogP contribution >= 0.6 is 0 Å². The van der Waals surface area contributed by atoms with Crippen molar-refractivity contribution in [3.8, 4) is 5.69 Å². The largest absolute Gasteiger partial charge is 0.461 e. The molecule has 0 unspecified atom stereocenters. The van der Waals surface area contributed by atoms with E-state index < -0.39 is 11.8 Å². The van der Waals surface area contributed by atoms with Crippen molar-refractivity contribution in [1.82, 2.24) is 9.78 Å². The molecule has 98 valence electrons. The summed E-state index contributed by atoms with van der Waals surface area (Å²) in [5.74, 6) is -1.11. The topological polar surface area (TPSA) is 61.2 Å². The molecule has 0 aliphatic carbocycles. The zero-order valence-electron chi connectivity index (χ0n) is 10.2. The Kier molecular flexibility index (Phi) is 3.70. The van der Waals surface area contributed by atoms with Crippen LogP contribution in [0.5, 0.6) is 0 Å². The number of nitrogens with zero attached hydrogens (tertiary/aromatic N) is 2. The van der Waals surface area contributed by atoms with E-state index in [0.717, 1.165) is 0 Å². The summed E-state index contributed by atoms with van der Waals surface area (Å²) in [6, 6.07) is 5.66. The van der Waals surface area contributed by atoms with Crippen LogP contribution in [0.4, 0.5) is 4.39 Å². The Balaban J connectivity index is 2.44. The molecule has 6 heteroatoms. The minimum atomic E-state index is -0.681. The van der Waals surface area contributed by atoms with E-state index in [4.69, 9.17) is 4.74 Å². The lowest BCUT2D eigenvalue weighted by Crippen LogP contribution is -2.08. The van der Waals surface area contributed by atoms with Gasteiger partial charge in [0.1, 0.15) is 5.82 Å². The summed E-state index contributed by atoms with van der Waals surface area (Å²) < 4.78 is 19.2. The fourth-order valence-electron chi connectivity index (χ4n) is 1.58. The third kappa shape index (κ3) is 2.67. The van der Waals surface area contributed by atoms with Gasteiger partial charge in [-0.25, -0.2) is 13.9 Å². The van der Waals surface area contributed by atoms with Crippen molar-refractivity contribution in [2.24, 2.45) is 0 Å². The summed E-state index contributed by atoms with van der Waals surface area (Å²) >= 11 is 0. The molecule has 5 nitrogen and oxygen atoms in total. The Morgan fingerprint density at radius 1 is 1.53 bits per heavy atom. The fraction of sp³-hybridized carbons (Fsp3) is 0.154. The van der Waals surface area contributed by atoms with Gasteiger partial charge in [-0.05, 0) is 25.1 Å². The highest BCUT2D eigenvalue weighted by Crippen LogP contribution is 2.13. The summed E-state index contributed by atoms with van der Waals surface area (Å²) in [5.41, 5.74) is 0.433. The Bertz CT molecular complexity index is 622. The van der Waals surface area contributed by atoms with Crippen LogP contribution in [0.3, 0.4) is 0 Å². The Morgan fingerprint density at radius 3 is 2.95 bits per heavy atom. The molecule has 0 saturated carbocycles. The maximum absolute atomic E-state index is 13.1. The molecule has 0 aliphatic heterocycles. The zero-order valence-corrected chi connectivity index (χ0v) is 10.2. The number of aldehydes is 1. The predicted molar refractivity (Wildman–Crippen MR) is 64.9 cm³/mol. The van der Waals surface area contributed by atoms with Gasteiger partial charge in [0, 0.05) is 6.20 Å². The van der Waals surface area contributed by atoms with Crippen LogP contribution in [0.1, 0.15) is 27.8 Å². The number of esters is 1. The molecule has 1 heterocycles. The molecular formula is C13H11FN2O3. The van der Waals surface area contributed by atoms with E-state index in [9.17, 15) is 14.0 Å². The maximum Gasteiger partial charge on any atom is 0.359 e. The quantitative estimate of drug-likeness (QED) is 0.624. The van der Waals surface area contributed by atoms with E-state index in [1.54, 1.807) is 13.0 Å². The number of benzene rings is 1. The summed E-state index contributed by atoms with van der Waals surface area (Å²) in [4.78, 5) is 22.5. The van der Waals surface area contributed by atoms with Crippen LogP contribution < -0.4 is 0 Å². The number of ether oxygens (including phenoxy) is 1. The van der Waals surface area contributed by atoms with Gasteiger partial charge in [-0.15, -0.1) is 0 Å². The molecule has 2 rings (SSSR count). The third-order valence-electron chi connectivity index (χ3n) is 2.41. The first-order valence-corrected chi connectivity index (χ1v) is 5.63. The van der Waals surface area contributed by atoms with Crippen LogP contribution in [0, 0.1) is 5.82 Å². The molecule has 2 aromatic rings. The van der Waals surface area contributed by atoms with E-state index in [1.807, 2.05) is 0 Å². The number of hydrogen-bond donors (Lipinski definition) is 0. The van der Waals surface area contributed by atoms with Crippen molar-refractivity contribution in [3.05, 3.63) is 47.5 Å². The monoisotopic (exact) mass is 262 g/mol. The van der Waals surface area contributed by atoms with Gasteiger partial charge in [0.15, 0.2) is 12.0 Å². The van der Waals surface area contributed by atoms with Gasteiger partial charge >= 0.3 is 5.97 Å². The zero-order chi connectivity index (χ0) is 13.8. The molecule has 1 aromatic carbocycles. The minimum absolute atomic E-state index is 0.0823. The van der Waals surface area contributed by atoms with Crippen LogP contribution in [-0.4, -0.2) is 28.6 Å². The normalized spacial score (nSPS) is 10.2. The SMILES string of the molecule is CCOC(=O)c1nn(-c2cccc(F)c2)cc1C=O. The fourth-order valence-corrected chi connectivity index (χ4v) is 1.58. The molecule has 0 saturated heterocycles. The Labute approximate surface area is 108 Å². The van der Waals surface area contributed by atoms with Crippen molar-refractivity contribution in [3.63, 3.8) is 0 Å². The van der Waals surface area contributed by atoms with E-state index >= 15 is 0 Å². The van der Waals surface area contributed by atoms with Gasteiger partial charge in [-0.1, -0.05) is 6.07 Å². The van der Waals surface area contributed by atoms with E-state index in [1.165, 1.54) is 29.1 Å². The second kappa shape index (κ2) is 5.43. The minimum Gasteiger partial charge on any atom is -0.461 e. The van der Waals surface area contributed by atoms with Crippen LogP contribution in [-0.2, 0) is 4.74 Å². The number of hydrogen-bond acceptors (Lipinski definition) is 4. The number of aromatic nitrogens is 2. The molecule has 0 bridgehead atoms. The van der Waals surface area contributed by atoms with Crippen molar-refractivity contribution in [1.29, 1.82) is 0 Å². The number of carbonyl (C=O) groups is 2. The smallest absolute Gasteiger partial charge is 0.359 e. The maximum atomic E-state index is 13.1. The van der Waals surface area contributed by atoms with Gasteiger partial charge in [0.05, 0.1) is 17.9 Å². The first kappa shape index (κ1) is 12.9. The number of carbonyl (C=O) groups excluding carboxylic acids is 2. The van der Waals surface area contributed by atoms with Gasteiger partial charge in [-0.2, -0.15) is 5.10 Å². The lowest BCUT2D eigenvalue weighted by atomic mass is 10.3. The molecule has 0 atom stereocenters. The lowest BCUT2D eigenvalue weighted by Gasteiger charge is -2.00. The molecule has 0 N–H and O–H groups in total. The summed E-state index contributed by atoms with van der Waals surface area (Å²) in [5, 5.41) is 3.96. The van der Waals surface area contributed by atoms with Crippen molar-refractivity contribution in [2.45, 2.75) is 6.92 Å². The summed E-state index contributed by atoms with van der Waals surface area (Å²) in [6.07, 6.45) is 1.86. The van der Waals surface area contributed by atoms with Crippen molar-refractivity contribution in [2.75, 3.05) is 6.61 Å². The Hall–Kier alpha value is -2.50. The van der Waals surface area contributed by atoms with Crippen LogP contribution in [0.2, 0.25) is 0 Å².